The van der Waals surface area contributed by atoms with Crippen molar-refractivity contribution in [1.82, 2.24) is 10.1 Å². The molecule has 3 aromatic rings. The van der Waals surface area contributed by atoms with Crippen molar-refractivity contribution in [3.63, 3.8) is 0 Å². The van der Waals surface area contributed by atoms with Crippen LogP contribution in [-0.2, 0) is 10.0 Å². The van der Waals surface area contributed by atoms with Crippen LogP contribution in [0, 0.1) is 18.6 Å². The Morgan fingerprint density at radius 1 is 1.15 bits per heavy atom. The highest BCUT2D eigenvalue weighted by Gasteiger charge is 2.30. The van der Waals surface area contributed by atoms with Gasteiger partial charge in [0.05, 0.1) is 5.56 Å². The molecule has 1 aromatic carbocycles. The van der Waals surface area contributed by atoms with Gasteiger partial charge in [-0.2, -0.15) is 0 Å². The van der Waals surface area contributed by atoms with E-state index in [9.17, 15) is 26.0 Å². The molecular weight excluding hydrogens is 390 g/mol. The number of rotatable bonds is 4. The highest BCUT2D eigenvalue weighted by molar-refractivity contribution is 7.89. The molecule has 0 aliphatic rings. The van der Waals surface area contributed by atoms with Gasteiger partial charge in [0, 0.05) is 23.0 Å². The molecule has 0 fully saturated rings. The number of pyridine rings is 1. The summed E-state index contributed by atoms with van der Waals surface area (Å²) in [6, 6.07) is 3.78. The molecule has 3 rings (SSSR count). The smallest absolute Gasteiger partial charge is 0.298 e. The van der Waals surface area contributed by atoms with E-state index in [1.165, 1.54) is 18.3 Å². The Morgan fingerprint density at radius 3 is 2.44 bits per heavy atom. The molecule has 2 aromatic heterocycles. The summed E-state index contributed by atoms with van der Waals surface area (Å²) in [5, 5.41) is 8.38. The van der Waals surface area contributed by atoms with Gasteiger partial charge in [-0.1, -0.05) is 5.16 Å². The summed E-state index contributed by atoms with van der Waals surface area (Å²) in [6.07, 6.45) is -1.73. The molecule has 0 unspecified atom stereocenters. The first-order valence-corrected chi connectivity index (χ1v) is 8.87. The summed E-state index contributed by atoms with van der Waals surface area (Å²) < 4.78 is 82.8. The number of hydrogen-bond donors (Lipinski definition) is 1. The largest absolute Gasteiger partial charge is 0.354 e. The van der Waals surface area contributed by atoms with Gasteiger partial charge < -0.3 is 4.52 Å². The van der Waals surface area contributed by atoms with Gasteiger partial charge in [-0.3, -0.25) is 4.98 Å². The highest BCUT2D eigenvalue weighted by Crippen LogP contribution is 2.41. The summed E-state index contributed by atoms with van der Waals surface area (Å²) in [7, 11) is -4.55. The molecule has 2 N–H and O–H groups in total. The molecule has 0 saturated carbocycles. The Hall–Kier alpha value is -2.79. The predicted molar refractivity (Wildman–Crippen MR) is 86.2 cm³/mol. The lowest BCUT2D eigenvalue weighted by Gasteiger charge is -2.09. The van der Waals surface area contributed by atoms with E-state index in [1.807, 2.05) is 0 Å². The van der Waals surface area contributed by atoms with Gasteiger partial charge >= 0.3 is 0 Å². The fourth-order valence-corrected chi connectivity index (χ4v) is 3.17. The lowest BCUT2D eigenvalue weighted by atomic mass is 9.98. The van der Waals surface area contributed by atoms with Crippen molar-refractivity contribution < 1.29 is 30.5 Å². The van der Waals surface area contributed by atoms with Crippen LogP contribution >= 0.6 is 0 Å². The van der Waals surface area contributed by atoms with Gasteiger partial charge in [-0.15, -0.1) is 0 Å². The van der Waals surface area contributed by atoms with Crippen molar-refractivity contribution in [2.75, 3.05) is 0 Å². The van der Waals surface area contributed by atoms with E-state index in [0.717, 1.165) is 0 Å². The monoisotopic (exact) mass is 401 g/mol. The average molecular weight is 401 g/mol. The van der Waals surface area contributed by atoms with Crippen LogP contribution in [0.3, 0.4) is 0 Å². The third-order valence-corrected chi connectivity index (χ3v) is 4.70. The lowest BCUT2D eigenvalue weighted by molar-refractivity contribution is 0.113. The van der Waals surface area contributed by atoms with Crippen molar-refractivity contribution in [1.29, 1.82) is 0 Å². The second-order valence-corrected chi connectivity index (χ2v) is 7.04. The number of aryl methyl sites for hydroxylation is 1. The van der Waals surface area contributed by atoms with Gasteiger partial charge in [-0.25, -0.2) is 31.1 Å². The SMILES string of the molecule is Cc1ncccc1-c1noc(C(F)F)c1-c1cc(F)c(S(N)(=O)=O)cc1F. The molecule has 6 nitrogen and oxygen atoms in total. The summed E-state index contributed by atoms with van der Waals surface area (Å²) in [5.74, 6) is -3.67. The van der Waals surface area contributed by atoms with E-state index in [4.69, 9.17) is 5.14 Å². The fraction of sp³-hybridized carbons (Fsp3) is 0.125. The van der Waals surface area contributed by atoms with E-state index in [2.05, 4.69) is 14.7 Å². The Bertz CT molecular complexity index is 1130. The number of halogens is 4. The highest BCUT2D eigenvalue weighted by atomic mass is 32.2. The molecule has 0 aliphatic heterocycles. The maximum Gasteiger partial charge on any atom is 0.298 e. The van der Waals surface area contributed by atoms with Gasteiger partial charge in [0.15, 0.2) is 0 Å². The molecule has 0 aliphatic carbocycles. The minimum Gasteiger partial charge on any atom is -0.354 e. The van der Waals surface area contributed by atoms with Crippen LogP contribution < -0.4 is 5.14 Å². The summed E-state index contributed by atoms with van der Waals surface area (Å²) in [6.45, 7) is 1.57. The molecule has 0 spiro atoms. The number of benzene rings is 1. The second-order valence-electron chi connectivity index (χ2n) is 5.51. The van der Waals surface area contributed by atoms with Crippen molar-refractivity contribution in [2.24, 2.45) is 5.14 Å². The lowest BCUT2D eigenvalue weighted by Crippen LogP contribution is -2.14. The summed E-state index contributed by atoms with van der Waals surface area (Å²) in [4.78, 5) is 2.90. The van der Waals surface area contributed by atoms with E-state index in [0.29, 0.717) is 17.8 Å². The van der Waals surface area contributed by atoms with Crippen LogP contribution in [0.1, 0.15) is 17.9 Å². The molecule has 2 heterocycles. The number of primary sulfonamides is 1. The van der Waals surface area contributed by atoms with Crippen LogP contribution in [0.25, 0.3) is 22.4 Å². The fourth-order valence-electron chi connectivity index (χ4n) is 2.57. The summed E-state index contributed by atoms with van der Waals surface area (Å²) >= 11 is 0. The van der Waals surface area contributed by atoms with Crippen LogP contribution in [0.2, 0.25) is 0 Å². The molecule has 11 heteroatoms. The number of sulfonamides is 1. The molecule has 0 atom stereocenters. The van der Waals surface area contributed by atoms with Gasteiger partial charge in [0.25, 0.3) is 6.43 Å². The van der Waals surface area contributed by atoms with E-state index < -0.39 is 49.9 Å². The first-order valence-electron chi connectivity index (χ1n) is 7.33. The average Bonchev–Trinajstić information content (AvgIpc) is 3.00. The molecule has 0 bridgehead atoms. The van der Waals surface area contributed by atoms with E-state index >= 15 is 0 Å². The quantitative estimate of drug-likeness (QED) is 0.674. The van der Waals surface area contributed by atoms with E-state index in [-0.39, 0.29) is 11.3 Å². The van der Waals surface area contributed by atoms with Gasteiger partial charge in [-0.05, 0) is 31.2 Å². The molecule has 0 radical (unpaired) electrons. The normalized spacial score (nSPS) is 12.0. The van der Waals surface area contributed by atoms with Gasteiger partial charge in [0.2, 0.25) is 15.8 Å². The van der Waals surface area contributed by atoms with Crippen molar-refractivity contribution in [2.45, 2.75) is 18.2 Å². The Morgan fingerprint density at radius 2 is 1.85 bits per heavy atom. The van der Waals surface area contributed by atoms with E-state index in [1.54, 1.807) is 6.92 Å². The molecule has 0 saturated heterocycles. The minimum absolute atomic E-state index is 0.183. The minimum atomic E-state index is -4.55. The van der Waals surface area contributed by atoms with Crippen molar-refractivity contribution in [3.8, 4) is 22.4 Å². The Labute approximate surface area is 150 Å². The predicted octanol–water partition coefficient (Wildman–Crippen LogP) is 3.58. The molecule has 0 amide bonds. The summed E-state index contributed by atoms with van der Waals surface area (Å²) in [5.41, 5.74) is -0.681. The maximum atomic E-state index is 14.5. The van der Waals surface area contributed by atoms with Crippen LogP contribution in [-0.4, -0.2) is 18.6 Å². The standard InChI is InChI=1S/C16H11F4N3O3S/c1-7-8(3-2-4-22-7)14-13(15(16(19)20)26-23-14)9-5-11(18)12(6-10(9)17)27(21,24)25/h2-6,16H,1H3,(H2,21,24,25). The van der Waals surface area contributed by atoms with Crippen LogP contribution in [0.5, 0.6) is 0 Å². The zero-order valence-corrected chi connectivity index (χ0v) is 14.4. The molecule has 27 heavy (non-hydrogen) atoms. The number of aromatic nitrogens is 2. The zero-order valence-electron chi connectivity index (χ0n) is 13.6. The van der Waals surface area contributed by atoms with Crippen LogP contribution in [0.4, 0.5) is 17.6 Å². The second kappa shape index (κ2) is 6.74. The number of hydrogen-bond acceptors (Lipinski definition) is 5. The first-order chi connectivity index (χ1) is 12.6. The third kappa shape index (κ3) is 3.43. The van der Waals surface area contributed by atoms with Gasteiger partial charge in [0.1, 0.15) is 22.2 Å². The Kier molecular flexibility index (Phi) is 4.74. The molecule has 142 valence electrons. The first kappa shape index (κ1) is 19.0. The number of nitrogens with two attached hydrogens (primary N) is 1. The zero-order chi connectivity index (χ0) is 19.9. The topological polar surface area (TPSA) is 99.1 Å². The van der Waals surface area contributed by atoms with Crippen molar-refractivity contribution >= 4 is 10.0 Å². The third-order valence-electron chi connectivity index (χ3n) is 3.78. The number of nitrogens with zero attached hydrogens (tertiary/aromatic N) is 2. The molecular formula is C16H11F4N3O3S. The van der Waals surface area contributed by atoms with Crippen molar-refractivity contribution in [3.05, 3.63) is 53.6 Å². The maximum absolute atomic E-state index is 14.5. The van der Waals surface area contributed by atoms with Crippen LogP contribution in [0.15, 0.2) is 39.9 Å². The number of alkyl halides is 2. The Balaban J connectivity index is 2.33.